The van der Waals surface area contributed by atoms with Gasteiger partial charge in [0.1, 0.15) is 0 Å². The zero-order valence-corrected chi connectivity index (χ0v) is 15.4. The molecule has 1 aromatic carbocycles. The molecule has 0 fully saturated rings. The summed E-state index contributed by atoms with van der Waals surface area (Å²) in [5.74, 6) is 0.820. The largest absolute Gasteiger partial charge is 0.377 e. The Kier molecular flexibility index (Phi) is 8.06. The van der Waals surface area contributed by atoms with Crippen LogP contribution in [0.15, 0.2) is 35.3 Å². The lowest BCUT2D eigenvalue weighted by molar-refractivity contribution is 0.0310. The van der Waals surface area contributed by atoms with Gasteiger partial charge < -0.3 is 20.3 Å². The fourth-order valence-electron chi connectivity index (χ4n) is 2.14. The van der Waals surface area contributed by atoms with Crippen molar-refractivity contribution in [3.63, 3.8) is 0 Å². The molecule has 0 heterocycles. The second kappa shape index (κ2) is 9.53. The predicted octanol–water partition coefficient (Wildman–Crippen LogP) is 2.27. The number of likely N-dealkylation sites (N-methyl/N-ethyl adjacent to an activating group) is 1. The van der Waals surface area contributed by atoms with E-state index in [2.05, 4.69) is 65.8 Å². The molecule has 0 amide bonds. The monoisotopic (exact) mass is 320 g/mol. The standard InChI is InChI=1S/C18H32N4O/c1-7-19-17(21-14-18(2,3)23-6)20-13-16(22(4)5)15-11-9-8-10-12-15/h8-12,16H,7,13-14H2,1-6H3,(H2,19,20,21). The van der Waals surface area contributed by atoms with Crippen LogP contribution in [0, 0.1) is 0 Å². The summed E-state index contributed by atoms with van der Waals surface area (Å²) >= 11 is 0. The van der Waals surface area contributed by atoms with Gasteiger partial charge in [-0.3, -0.25) is 4.99 Å². The van der Waals surface area contributed by atoms with Crippen molar-refractivity contribution in [1.29, 1.82) is 0 Å². The summed E-state index contributed by atoms with van der Waals surface area (Å²) in [4.78, 5) is 6.85. The van der Waals surface area contributed by atoms with Crippen LogP contribution in [-0.4, -0.2) is 57.3 Å². The van der Waals surface area contributed by atoms with Crippen LogP contribution >= 0.6 is 0 Å². The van der Waals surface area contributed by atoms with Crippen LogP contribution in [0.1, 0.15) is 32.4 Å². The lowest BCUT2D eigenvalue weighted by atomic mass is 10.1. The third-order valence-electron chi connectivity index (χ3n) is 3.79. The molecule has 0 saturated carbocycles. The van der Waals surface area contributed by atoms with Crippen LogP contribution in [0.4, 0.5) is 0 Å². The summed E-state index contributed by atoms with van der Waals surface area (Å²) in [6.45, 7) is 8.36. The number of aliphatic imine (C=N–C) groups is 1. The van der Waals surface area contributed by atoms with Gasteiger partial charge >= 0.3 is 0 Å². The number of ether oxygens (including phenoxy) is 1. The second-order valence-corrected chi connectivity index (χ2v) is 6.43. The van der Waals surface area contributed by atoms with Gasteiger partial charge in [0.25, 0.3) is 0 Å². The van der Waals surface area contributed by atoms with Crippen molar-refractivity contribution in [2.45, 2.75) is 32.4 Å². The number of hydrogen-bond acceptors (Lipinski definition) is 3. The van der Waals surface area contributed by atoms with Crippen LogP contribution in [0.3, 0.4) is 0 Å². The maximum Gasteiger partial charge on any atom is 0.191 e. The van der Waals surface area contributed by atoms with E-state index in [0.29, 0.717) is 6.54 Å². The highest BCUT2D eigenvalue weighted by Gasteiger charge is 2.17. The molecule has 5 nitrogen and oxygen atoms in total. The highest BCUT2D eigenvalue weighted by atomic mass is 16.5. The van der Waals surface area contributed by atoms with Gasteiger partial charge in [-0.1, -0.05) is 30.3 Å². The number of hydrogen-bond donors (Lipinski definition) is 2. The van der Waals surface area contributed by atoms with E-state index in [1.165, 1.54) is 5.56 Å². The first-order valence-corrected chi connectivity index (χ1v) is 8.18. The molecule has 2 N–H and O–H groups in total. The Morgan fingerprint density at radius 1 is 1.22 bits per heavy atom. The summed E-state index contributed by atoms with van der Waals surface area (Å²) in [5, 5.41) is 6.73. The first kappa shape index (κ1) is 19.5. The molecule has 0 radical (unpaired) electrons. The smallest absolute Gasteiger partial charge is 0.191 e. The molecule has 0 aromatic heterocycles. The number of nitrogens with zero attached hydrogens (tertiary/aromatic N) is 2. The van der Waals surface area contributed by atoms with Crippen molar-refractivity contribution in [2.75, 3.05) is 40.8 Å². The van der Waals surface area contributed by atoms with E-state index >= 15 is 0 Å². The van der Waals surface area contributed by atoms with Gasteiger partial charge in [0, 0.05) is 20.2 Å². The van der Waals surface area contributed by atoms with Gasteiger partial charge in [-0.2, -0.15) is 0 Å². The van der Waals surface area contributed by atoms with Gasteiger partial charge in [-0.15, -0.1) is 0 Å². The molecule has 130 valence electrons. The molecule has 1 unspecified atom stereocenters. The van der Waals surface area contributed by atoms with Crippen molar-refractivity contribution in [2.24, 2.45) is 4.99 Å². The lowest BCUT2D eigenvalue weighted by Crippen LogP contribution is -2.42. The minimum atomic E-state index is -0.261. The first-order chi connectivity index (χ1) is 10.9. The van der Waals surface area contributed by atoms with E-state index in [0.717, 1.165) is 19.0 Å². The fourth-order valence-corrected chi connectivity index (χ4v) is 2.14. The van der Waals surface area contributed by atoms with Crippen LogP contribution in [0.25, 0.3) is 0 Å². The Labute approximate surface area is 141 Å². The van der Waals surface area contributed by atoms with Crippen LogP contribution in [0.2, 0.25) is 0 Å². The minimum absolute atomic E-state index is 0.261. The molecule has 1 atom stereocenters. The first-order valence-electron chi connectivity index (χ1n) is 8.18. The Bertz CT molecular complexity index is 471. The molecule has 0 aliphatic rings. The average Bonchev–Trinajstić information content (AvgIpc) is 2.53. The van der Waals surface area contributed by atoms with Crippen LogP contribution in [0.5, 0.6) is 0 Å². The summed E-state index contributed by atoms with van der Waals surface area (Å²) in [6, 6.07) is 10.8. The number of nitrogens with one attached hydrogen (secondary N) is 2. The molecule has 0 saturated heterocycles. The van der Waals surface area contributed by atoms with Gasteiger partial charge in [-0.05, 0) is 40.4 Å². The van der Waals surface area contributed by atoms with Crippen LogP contribution in [-0.2, 0) is 4.74 Å². The lowest BCUT2D eigenvalue weighted by Gasteiger charge is -2.26. The van der Waals surface area contributed by atoms with Crippen molar-refractivity contribution in [3.8, 4) is 0 Å². The van der Waals surface area contributed by atoms with E-state index in [9.17, 15) is 0 Å². The zero-order chi connectivity index (χ0) is 17.3. The van der Waals surface area contributed by atoms with E-state index in [4.69, 9.17) is 4.74 Å². The normalized spacial score (nSPS) is 14.0. The average molecular weight is 320 g/mol. The third kappa shape index (κ3) is 7.01. The second-order valence-electron chi connectivity index (χ2n) is 6.43. The zero-order valence-electron chi connectivity index (χ0n) is 15.4. The number of guanidine groups is 1. The number of methoxy groups -OCH3 is 1. The molecule has 0 spiro atoms. The Hall–Kier alpha value is -1.59. The highest BCUT2D eigenvalue weighted by molar-refractivity contribution is 5.79. The van der Waals surface area contributed by atoms with Gasteiger partial charge in [0.05, 0.1) is 18.2 Å². The fraction of sp³-hybridized carbons (Fsp3) is 0.611. The van der Waals surface area contributed by atoms with E-state index in [-0.39, 0.29) is 11.6 Å². The number of rotatable bonds is 8. The molecule has 23 heavy (non-hydrogen) atoms. The molecular formula is C18H32N4O. The minimum Gasteiger partial charge on any atom is -0.377 e. The van der Waals surface area contributed by atoms with E-state index < -0.39 is 0 Å². The SMILES string of the molecule is CCNC(=NCC(C)(C)OC)NCC(c1ccccc1)N(C)C. The summed E-state index contributed by atoms with van der Waals surface area (Å²) in [6.07, 6.45) is 0. The Balaban J connectivity index is 2.73. The maximum atomic E-state index is 5.43. The van der Waals surface area contributed by atoms with Crippen molar-refractivity contribution in [1.82, 2.24) is 15.5 Å². The third-order valence-corrected chi connectivity index (χ3v) is 3.79. The summed E-state index contributed by atoms with van der Waals surface area (Å²) in [5.41, 5.74) is 1.03. The van der Waals surface area contributed by atoms with E-state index in [1.807, 2.05) is 19.9 Å². The van der Waals surface area contributed by atoms with Crippen molar-refractivity contribution >= 4 is 5.96 Å². The van der Waals surface area contributed by atoms with Gasteiger partial charge in [-0.25, -0.2) is 0 Å². The molecule has 0 bridgehead atoms. The summed E-state index contributed by atoms with van der Waals surface area (Å²) < 4.78 is 5.43. The Morgan fingerprint density at radius 3 is 2.39 bits per heavy atom. The van der Waals surface area contributed by atoms with Gasteiger partial charge in [0.2, 0.25) is 0 Å². The number of benzene rings is 1. The quantitative estimate of drug-likeness (QED) is 0.570. The predicted molar refractivity (Wildman–Crippen MR) is 97.9 cm³/mol. The Morgan fingerprint density at radius 2 is 1.87 bits per heavy atom. The molecule has 1 rings (SSSR count). The van der Waals surface area contributed by atoms with Crippen molar-refractivity contribution in [3.05, 3.63) is 35.9 Å². The molecule has 0 aliphatic carbocycles. The van der Waals surface area contributed by atoms with Crippen LogP contribution < -0.4 is 10.6 Å². The molecule has 1 aromatic rings. The maximum absolute atomic E-state index is 5.43. The molecule has 0 aliphatic heterocycles. The molecular weight excluding hydrogens is 288 g/mol. The highest BCUT2D eigenvalue weighted by Crippen LogP contribution is 2.16. The molecule has 5 heteroatoms. The van der Waals surface area contributed by atoms with Crippen molar-refractivity contribution < 1.29 is 4.74 Å². The van der Waals surface area contributed by atoms with Gasteiger partial charge in [0.15, 0.2) is 5.96 Å². The topological polar surface area (TPSA) is 48.9 Å². The van der Waals surface area contributed by atoms with E-state index in [1.54, 1.807) is 7.11 Å². The summed E-state index contributed by atoms with van der Waals surface area (Å²) in [7, 11) is 5.91.